The number of amides is 2. The molecule has 0 saturated heterocycles. The number of nitrogens with one attached hydrogen (secondary N) is 1. The maximum Gasteiger partial charge on any atom is 0.418 e. The van der Waals surface area contributed by atoms with Crippen LogP contribution in [-0.4, -0.2) is 18.4 Å². The van der Waals surface area contributed by atoms with Gasteiger partial charge >= 0.3 is 6.18 Å². The van der Waals surface area contributed by atoms with E-state index in [2.05, 4.69) is 5.32 Å². The molecule has 0 aliphatic carbocycles. The minimum atomic E-state index is -4.61. The van der Waals surface area contributed by atoms with Gasteiger partial charge in [0.1, 0.15) is 0 Å². The standard InChI is InChI=1S/C19H18ClF3N2O2/c1-12-15(20)7-5-8-16(12)24-18(27)10-11-25(13(2)26)17-9-4-3-6-14(17)19(21,22)23/h3-9H,10-11H2,1-2H3,(H,24,27). The summed E-state index contributed by atoms with van der Waals surface area (Å²) in [4.78, 5) is 25.1. The fourth-order valence-electron chi connectivity index (χ4n) is 2.57. The van der Waals surface area contributed by atoms with E-state index >= 15 is 0 Å². The highest BCUT2D eigenvalue weighted by atomic mass is 35.5. The first-order chi connectivity index (χ1) is 12.6. The van der Waals surface area contributed by atoms with E-state index < -0.39 is 23.6 Å². The number of para-hydroxylation sites is 1. The lowest BCUT2D eigenvalue weighted by Gasteiger charge is -2.24. The van der Waals surface area contributed by atoms with Crippen LogP contribution >= 0.6 is 11.6 Å². The van der Waals surface area contributed by atoms with Crippen molar-refractivity contribution in [2.45, 2.75) is 26.4 Å². The van der Waals surface area contributed by atoms with E-state index in [1.165, 1.54) is 18.2 Å². The minimum Gasteiger partial charge on any atom is -0.326 e. The Kier molecular flexibility index (Phi) is 6.49. The number of benzene rings is 2. The summed E-state index contributed by atoms with van der Waals surface area (Å²) in [6.07, 6.45) is -4.78. The number of hydrogen-bond donors (Lipinski definition) is 1. The average Bonchev–Trinajstić information content (AvgIpc) is 2.58. The highest BCUT2D eigenvalue weighted by Gasteiger charge is 2.35. The molecule has 4 nitrogen and oxygen atoms in total. The second-order valence-corrected chi connectivity index (χ2v) is 6.30. The van der Waals surface area contributed by atoms with Crippen molar-refractivity contribution in [2.24, 2.45) is 0 Å². The first-order valence-corrected chi connectivity index (χ1v) is 8.48. The van der Waals surface area contributed by atoms with Gasteiger partial charge in [-0.25, -0.2) is 0 Å². The third kappa shape index (κ3) is 5.23. The third-order valence-corrected chi connectivity index (χ3v) is 4.39. The summed E-state index contributed by atoms with van der Waals surface area (Å²) in [5.41, 5.74) is -0.00791. The second-order valence-electron chi connectivity index (χ2n) is 5.90. The molecule has 144 valence electrons. The first kappa shape index (κ1) is 20.8. The SMILES string of the molecule is CC(=O)N(CCC(=O)Nc1cccc(Cl)c1C)c1ccccc1C(F)(F)F. The Bertz CT molecular complexity index is 853. The van der Waals surface area contributed by atoms with Gasteiger partial charge in [0.15, 0.2) is 0 Å². The van der Waals surface area contributed by atoms with Crippen LogP contribution in [0.2, 0.25) is 5.02 Å². The van der Waals surface area contributed by atoms with Crippen molar-refractivity contribution in [2.75, 3.05) is 16.8 Å². The summed E-state index contributed by atoms with van der Waals surface area (Å²) >= 11 is 6.00. The quantitative estimate of drug-likeness (QED) is 0.766. The highest BCUT2D eigenvalue weighted by Crippen LogP contribution is 2.36. The summed E-state index contributed by atoms with van der Waals surface area (Å²) in [5, 5.41) is 3.14. The minimum absolute atomic E-state index is 0.169. The fraction of sp³-hybridized carbons (Fsp3) is 0.263. The number of halogens is 4. The number of rotatable bonds is 5. The molecule has 0 radical (unpaired) electrons. The Morgan fingerprint density at radius 1 is 1.11 bits per heavy atom. The van der Waals surface area contributed by atoms with Crippen molar-refractivity contribution >= 4 is 34.8 Å². The number of carbonyl (C=O) groups excluding carboxylic acids is 2. The summed E-state index contributed by atoms with van der Waals surface area (Å²) in [5.74, 6) is -1.02. The van der Waals surface area contributed by atoms with E-state index in [9.17, 15) is 22.8 Å². The molecule has 0 aliphatic rings. The zero-order valence-electron chi connectivity index (χ0n) is 14.7. The molecular weight excluding hydrogens is 381 g/mol. The van der Waals surface area contributed by atoms with Crippen LogP contribution in [0.1, 0.15) is 24.5 Å². The molecule has 2 aromatic carbocycles. The molecule has 2 aromatic rings. The summed E-state index contributed by atoms with van der Waals surface area (Å²) in [6.45, 7) is 2.71. The molecule has 0 fully saturated rings. The molecule has 8 heteroatoms. The number of hydrogen-bond acceptors (Lipinski definition) is 2. The van der Waals surface area contributed by atoms with Crippen LogP contribution in [0.5, 0.6) is 0 Å². The van der Waals surface area contributed by atoms with Gasteiger partial charge in [0.25, 0.3) is 0 Å². The van der Waals surface area contributed by atoms with E-state index in [4.69, 9.17) is 11.6 Å². The molecule has 0 heterocycles. The van der Waals surface area contributed by atoms with E-state index in [0.29, 0.717) is 16.3 Å². The Hall–Kier alpha value is -2.54. The molecule has 2 amide bonds. The van der Waals surface area contributed by atoms with Crippen LogP contribution in [0, 0.1) is 6.92 Å². The van der Waals surface area contributed by atoms with Crippen molar-refractivity contribution in [3.8, 4) is 0 Å². The predicted octanol–water partition coefficient (Wildman–Crippen LogP) is 5.05. The number of nitrogens with zero attached hydrogens (tertiary/aromatic N) is 1. The molecule has 2 rings (SSSR count). The van der Waals surface area contributed by atoms with Crippen molar-refractivity contribution < 1.29 is 22.8 Å². The highest BCUT2D eigenvalue weighted by molar-refractivity contribution is 6.31. The van der Waals surface area contributed by atoms with Crippen LogP contribution in [-0.2, 0) is 15.8 Å². The molecule has 0 saturated carbocycles. The Morgan fingerprint density at radius 3 is 2.41 bits per heavy atom. The fourth-order valence-corrected chi connectivity index (χ4v) is 2.74. The predicted molar refractivity (Wildman–Crippen MR) is 98.9 cm³/mol. The smallest absolute Gasteiger partial charge is 0.326 e. The first-order valence-electron chi connectivity index (χ1n) is 8.10. The van der Waals surface area contributed by atoms with Crippen molar-refractivity contribution in [1.82, 2.24) is 0 Å². The zero-order valence-corrected chi connectivity index (χ0v) is 15.5. The number of alkyl halides is 3. The zero-order chi connectivity index (χ0) is 20.2. The van der Waals surface area contributed by atoms with Crippen molar-refractivity contribution in [3.63, 3.8) is 0 Å². The van der Waals surface area contributed by atoms with Crippen molar-refractivity contribution in [3.05, 3.63) is 58.6 Å². The summed E-state index contributed by atoms with van der Waals surface area (Å²) in [6, 6.07) is 9.80. The van der Waals surface area contributed by atoms with Crippen molar-refractivity contribution in [1.29, 1.82) is 0 Å². The van der Waals surface area contributed by atoms with E-state index in [0.717, 1.165) is 17.9 Å². The van der Waals surface area contributed by atoms with Gasteiger partial charge in [-0.15, -0.1) is 0 Å². The third-order valence-electron chi connectivity index (χ3n) is 3.98. The molecule has 0 bridgehead atoms. The van der Waals surface area contributed by atoms with Crippen LogP contribution in [0.3, 0.4) is 0 Å². The molecule has 0 aliphatic heterocycles. The van der Waals surface area contributed by atoms with Gasteiger partial charge in [-0.1, -0.05) is 29.8 Å². The Balaban J connectivity index is 2.15. The molecule has 0 unspecified atom stereocenters. The number of carbonyl (C=O) groups is 2. The summed E-state index contributed by atoms with van der Waals surface area (Å²) < 4.78 is 39.6. The molecule has 0 atom stereocenters. The average molecular weight is 399 g/mol. The molecule has 0 spiro atoms. The monoisotopic (exact) mass is 398 g/mol. The normalized spacial score (nSPS) is 11.2. The lowest BCUT2D eigenvalue weighted by Crippen LogP contribution is -2.33. The topological polar surface area (TPSA) is 49.4 Å². The van der Waals surface area contributed by atoms with E-state index in [1.807, 2.05) is 0 Å². The maximum atomic E-state index is 13.2. The van der Waals surface area contributed by atoms with Crippen LogP contribution < -0.4 is 10.2 Å². The van der Waals surface area contributed by atoms with Crippen LogP contribution in [0.4, 0.5) is 24.5 Å². The molecule has 27 heavy (non-hydrogen) atoms. The van der Waals surface area contributed by atoms with E-state index in [-0.39, 0.29) is 18.7 Å². The molecule has 0 aromatic heterocycles. The number of anilines is 2. The largest absolute Gasteiger partial charge is 0.418 e. The summed E-state index contributed by atoms with van der Waals surface area (Å²) in [7, 11) is 0. The maximum absolute atomic E-state index is 13.2. The van der Waals surface area contributed by atoms with Gasteiger partial charge in [0.05, 0.1) is 11.3 Å². The Labute approximate surface area is 159 Å². The molecular formula is C19H18ClF3N2O2. The second kappa shape index (κ2) is 8.43. The Morgan fingerprint density at radius 2 is 1.78 bits per heavy atom. The van der Waals surface area contributed by atoms with Gasteiger partial charge in [-0.2, -0.15) is 13.2 Å². The molecule has 1 N–H and O–H groups in total. The van der Waals surface area contributed by atoms with Gasteiger partial charge in [0.2, 0.25) is 11.8 Å². The lowest BCUT2D eigenvalue weighted by atomic mass is 10.1. The van der Waals surface area contributed by atoms with Crippen LogP contribution in [0.15, 0.2) is 42.5 Å². The van der Waals surface area contributed by atoms with Gasteiger partial charge in [-0.3, -0.25) is 9.59 Å². The van der Waals surface area contributed by atoms with Gasteiger partial charge in [0, 0.05) is 30.6 Å². The van der Waals surface area contributed by atoms with Gasteiger partial charge < -0.3 is 10.2 Å². The van der Waals surface area contributed by atoms with Crippen LogP contribution in [0.25, 0.3) is 0 Å². The lowest BCUT2D eigenvalue weighted by molar-refractivity contribution is -0.137. The van der Waals surface area contributed by atoms with Gasteiger partial charge in [-0.05, 0) is 36.8 Å². The van der Waals surface area contributed by atoms with E-state index in [1.54, 1.807) is 25.1 Å².